The zero-order valence-electron chi connectivity index (χ0n) is 12.0. The van der Waals surface area contributed by atoms with Crippen molar-refractivity contribution in [1.29, 1.82) is 0 Å². The summed E-state index contributed by atoms with van der Waals surface area (Å²) in [5.41, 5.74) is 7.22. The summed E-state index contributed by atoms with van der Waals surface area (Å²) in [6, 6.07) is 16.5. The standard InChI is InChI=1S/C17H19NO3/c1-2-16(21-15-10-8-14(18)9-11-15)17(19)20-12-13-6-4-3-5-7-13/h3-11,16H,2,12,18H2,1H3. The summed E-state index contributed by atoms with van der Waals surface area (Å²) in [6.45, 7) is 2.13. The third-order valence-corrected chi connectivity index (χ3v) is 3.02. The fraction of sp³-hybridized carbons (Fsp3) is 0.235. The van der Waals surface area contributed by atoms with Gasteiger partial charge in [0.05, 0.1) is 0 Å². The molecule has 2 aromatic carbocycles. The van der Waals surface area contributed by atoms with Crippen LogP contribution in [0.5, 0.6) is 5.75 Å². The lowest BCUT2D eigenvalue weighted by Gasteiger charge is -2.16. The van der Waals surface area contributed by atoms with Crippen molar-refractivity contribution < 1.29 is 14.3 Å². The van der Waals surface area contributed by atoms with Crippen LogP contribution in [0.3, 0.4) is 0 Å². The molecule has 2 aromatic rings. The zero-order valence-corrected chi connectivity index (χ0v) is 12.0. The summed E-state index contributed by atoms with van der Waals surface area (Å²) >= 11 is 0. The molecule has 0 bridgehead atoms. The molecule has 21 heavy (non-hydrogen) atoms. The van der Waals surface area contributed by atoms with Gasteiger partial charge in [-0.2, -0.15) is 0 Å². The number of nitrogen functional groups attached to an aromatic ring is 1. The highest BCUT2D eigenvalue weighted by Gasteiger charge is 2.20. The monoisotopic (exact) mass is 285 g/mol. The van der Waals surface area contributed by atoms with Crippen LogP contribution in [-0.2, 0) is 16.1 Å². The SMILES string of the molecule is CCC(Oc1ccc(N)cc1)C(=O)OCc1ccccc1. The maximum atomic E-state index is 12.0. The van der Waals surface area contributed by atoms with Crippen LogP contribution in [0.15, 0.2) is 54.6 Å². The summed E-state index contributed by atoms with van der Waals surface area (Å²) in [6.07, 6.45) is -0.0739. The second-order valence-corrected chi connectivity index (χ2v) is 4.68. The highest BCUT2D eigenvalue weighted by Crippen LogP contribution is 2.16. The molecule has 0 radical (unpaired) electrons. The van der Waals surface area contributed by atoms with Gasteiger partial charge in [0, 0.05) is 5.69 Å². The first-order valence-electron chi connectivity index (χ1n) is 6.92. The Morgan fingerprint density at radius 1 is 1.10 bits per heavy atom. The molecule has 2 rings (SSSR count). The molecule has 0 aliphatic rings. The first kappa shape index (κ1) is 14.9. The van der Waals surface area contributed by atoms with E-state index in [0.29, 0.717) is 17.9 Å². The molecule has 4 heteroatoms. The van der Waals surface area contributed by atoms with Gasteiger partial charge in [-0.25, -0.2) is 4.79 Å². The molecule has 0 aliphatic heterocycles. The van der Waals surface area contributed by atoms with Crippen LogP contribution >= 0.6 is 0 Å². The van der Waals surface area contributed by atoms with Crippen LogP contribution in [0.1, 0.15) is 18.9 Å². The minimum Gasteiger partial charge on any atom is -0.479 e. The Bertz CT molecular complexity index is 566. The molecule has 2 N–H and O–H groups in total. The molecule has 0 amide bonds. The predicted molar refractivity (Wildman–Crippen MR) is 81.8 cm³/mol. The van der Waals surface area contributed by atoms with Crippen LogP contribution in [0.25, 0.3) is 0 Å². The molecule has 0 heterocycles. The number of ether oxygens (including phenoxy) is 2. The quantitative estimate of drug-likeness (QED) is 0.654. The number of esters is 1. The summed E-state index contributed by atoms with van der Waals surface area (Å²) in [5, 5.41) is 0. The predicted octanol–water partition coefficient (Wildman–Crippen LogP) is 3.17. The summed E-state index contributed by atoms with van der Waals surface area (Å²) < 4.78 is 10.9. The van der Waals surface area contributed by atoms with E-state index in [1.807, 2.05) is 37.3 Å². The molecule has 4 nitrogen and oxygen atoms in total. The second kappa shape index (κ2) is 7.33. The van der Waals surface area contributed by atoms with Gasteiger partial charge in [-0.05, 0) is 36.2 Å². The highest BCUT2D eigenvalue weighted by molar-refractivity contribution is 5.75. The summed E-state index contributed by atoms with van der Waals surface area (Å²) in [7, 11) is 0. The van der Waals surface area contributed by atoms with E-state index in [4.69, 9.17) is 15.2 Å². The first-order valence-corrected chi connectivity index (χ1v) is 6.92. The lowest BCUT2D eigenvalue weighted by Crippen LogP contribution is -2.28. The van der Waals surface area contributed by atoms with Crippen LogP contribution in [-0.4, -0.2) is 12.1 Å². The minimum absolute atomic E-state index is 0.251. The van der Waals surface area contributed by atoms with Crippen LogP contribution < -0.4 is 10.5 Å². The van der Waals surface area contributed by atoms with Crippen molar-refractivity contribution >= 4 is 11.7 Å². The molecular weight excluding hydrogens is 266 g/mol. The van der Waals surface area contributed by atoms with Crippen molar-refractivity contribution in [3.63, 3.8) is 0 Å². The number of carbonyl (C=O) groups is 1. The topological polar surface area (TPSA) is 61.5 Å². The third-order valence-electron chi connectivity index (χ3n) is 3.02. The van der Waals surface area contributed by atoms with Crippen LogP contribution in [0.4, 0.5) is 5.69 Å². The fourth-order valence-corrected chi connectivity index (χ4v) is 1.83. The normalized spacial score (nSPS) is 11.7. The Hall–Kier alpha value is -2.49. The molecule has 0 aliphatic carbocycles. The van der Waals surface area contributed by atoms with Crippen molar-refractivity contribution in [2.24, 2.45) is 0 Å². The van der Waals surface area contributed by atoms with Crippen molar-refractivity contribution in [2.45, 2.75) is 26.1 Å². The van der Waals surface area contributed by atoms with Crippen molar-refractivity contribution in [2.75, 3.05) is 5.73 Å². The summed E-state index contributed by atoms with van der Waals surface area (Å²) in [4.78, 5) is 12.0. The van der Waals surface area contributed by atoms with E-state index < -0.39 is 6.10 Å². The lowest BCUT2D eigenvalue weighted by atomic mass is 10.2. The van der Waals surface area contributed by atoms with Crippen LogP contribution in [0.2, 0.25) is 0 Å². The largest absolute Gasteiger partial charge is 0.479 e. The Labute approximate surface area is 124 Å². The maximum Gasteiger partial charge on any atom is 0.347 e. The number of hydrogen-bond donors (Lipinski definition) is 1. The lowest BCUT2D eigenvalue weighted by molar-refractivity contribution is -0.153. The molecule has 0 spiro atoms. The fourth-order valence-electron chi connectivity index (χ4n) is 1.83. The van der Waals surface area contributed by atoms with Gasteiger partial charge >= 0.3 is 5.97 Å². The minimum atomic E-state index is -0.614. The third kappa shape index (κ3) is 4.53. The van der Waals surface area contributed by atoms with E-state index in [9.17, 15) is 4.79 Å². The van der Waals surface area contributed by atoms with Gasteiger partial charge in [-0.1, -0.05) is 37.3 Å². The molecule has 1 unspecified atom stereocenters. The zero-order chi connectivity index (χ0) is 15.1. The maximum absolute atomic E-state index is 12.0. The molecule has 0 fully saturated rings. The Morgan fingerprint density at radius 2 is 1.76 bits per heavy atom. The first-order chi connectivity index (χ1) is 10.2. The van der Waals surface area contributed by atoms with Gasteiger partial charge in [-0.3, -0.25) is 0 Å². The van der Waals surface area contributed by atoms with Gasteiger partial charge in [0.15, 0.2) is 6.10 Å². The van der Waals surface area contributed by atoms with E-state index in [1.165, 1.54) is 0 Å². The van der Waals surface area contributed by atoms with E-state index >= 15 is 0 Å². The van der Waals surface area contributed by atoms with Gasteiger partial charge in [-0.15, -0.1) is 0 Å². The highest BCUT2D eigenvalue weighted by atomic mass is 16.6. The van der Waals surface area contributed by atoms with Gasteiger partial charge in [0.2, 0.25) is 0 Å². The van der Waals surface area contributed by atoms with Gasteiger partial charge < -0.3 is 15.2 Å². The average Bonchev–Trinajstić information content (AvgIpc) is 2.53. The number of carbonyl (C=O) groups excluding carboxylic acids is 1. The molecule has 0 saturated heterocycles. The number of benzene rings is 2. The molecule has 110 valence electrons. The number of anilines is 1. The molecular formula is C17H19NO3. The number of hydrogen-bond acceptors (Lipinski definition) is 4. The summed E-state index contributed by atoms with van der Waals surface area (Å²) in [5.74, 6) is 0.242. The average molecular weight is 285 g/mol. The molecule has 0 saturated carbocycles. The van der Waals surface area contributed by atoms with Crippen molar-refractivity contribution in [3.05, 3.63) is 60.2 Å². The number of rotatable bonds is 6. The van der Waals surface area contributed by atoms with E-state index in [0.717, 1.165) is 5.56 Å². The van der Waals surface area contributed by atoms with Gasteiger partial charge in [0.1, 0.15) is 12.4 Å². The Balaban J connectivity index is 1.90. The molecule has 0 aromatic heterocycles. The van der Waals surface area contributed by atoms with E-state index in [2.05, 4.69) is 0 Å². The number of nitrogens with two attached hydrogens (primary N) is 1. The Kier molecular flexibility index (Phi) is 5.21. The second-order valence-electron chi connectivity index (χ2n) is 4.68. The van der Waals surface area contributed by atoms with E-state index in [-0.39, 0.29) is 12.6 Å². The van der Waals surface area contributed by atoms with E-state index in [1.54, 1.807) is 24.3 Å². The van der Waals surface area contributed by atoms with Crippen molar-refractivity contribution in [3.8, 4) is 5.75 Å². The Morgan fingerprint density at radius 3 is 2.38 bits per heavy atom. The molecule has 1 atom stereocenters. The van der Waals surface area contributed by atoms with Crippen LogP contribution in [0, 0.1) is 0 Å². The van der Waals surface area contributed by atoms with Gasteiger partial charge in [0.25, 0.3) is 0 Å². The smallest absolute Gasteiger partial charge is 0.347 e. The van der Waals surface area contributed by atoms with Crippen molar-refractivity contribution in [1.82, 2.24) is 0 Å².